The first kappa shape index (κ1) is 14.1. The molecule has 1 aliphatic carbocycles. The van der Waals surface area contributed by atoms with Crippen LogP contribution in [0.15, 0.2) is 30.3 Å². The number of benzene rings is 1. The van der Waals surface area contributed by atoms with Gasteiger partial charge in [-0.25, -0.2) is 0 Å². The van der Waals surface area contributed by atoms with Crippen LogP contribution in [-0.2, 0) is 16.1 Å². The first-order chi connectivity index (χ1) is 9.25. The molecule has 19 heavy (non-hydrogen) atoms. The van der Waals surface area contributed by atoms with Crippen molar-refractivity contribution in [3.8, 4) is 0 Å². The summed E-state index contributed by atoms with van der Waals surface area (Å²) >= 11 is 0. The number of rotatable bonds is 6. The van der Waals surface area contributed by atoms with Gasteiger partial charge in [-0.15, -0.1) is 0 Å². The van der Waals surface area contributed by atoms with Crippen LogP contribution >= 0.6 is 0 Å². The second kappa shape index (κ2) is 7.29. The van der Waals surface area contributed by atoms with Crippen molar-refractivity contribution in [3.05, 3.63) is 35.9 Å². The summed E-state index contributed by atoms with van der Waals surface area (Å²) in [6.45, 7) is 3.01. The molecule has 0 radical (unpaired) electrons. The number of nitrogens with one attached hydrogen (secondary N) is 1. The fraction of sp³-hybridized carbons (Fsp3) is 0.562. The molecular weight excluding hydrogens is 238 g/mol. The van der Waals surface area contributed by atoms with Crippen LogP contribution in [0.3, 0.4) is 0 Å². The van der Waals surface area contributed by atoms with Crippen molar-refractivity contribution in [2.45, 2.75) is 45.3 Å². The van der Waals surface area contributed by atoms with Gasteiger partial charge in [0.05, 0.1) is 5.92 Å². The number of carbonyl (C=O) groups is 1. The van der Waals surface area contributed by atoms with Gasteiger partial charge in [0.2, 0.25) is 0 Å². The minimum Gasteiger partial charge on any atom is -0.461 e. The van der Waals surface area contributed by atoms with E-state index in [1.165, 1.54) is 25.7 Å². The minimum absolute atomic E-state index is 0.0793. The zero-order valence-corrected chi connectivity index (χ0v) is 11.6. The van der Waals surface area contributed by atoms with Gasteiger partial charge in [0, 0.05) is 12.6 Å². The molecule has 0 heterocycles. The Morgan fingerprint density at radius 2 is 2.00 bits per heavy atom. The van der Waals surface area contributed by atoms with E-state index in [1.54, 1.807) is 0 Å². The van der Waals surface area contributed by atoms with E-state index in [0.717, 1.165) is 12.1 Å². The van der Waals surface area contributed by atoms with Gasteiger partial charge in [0.25, 0.3) is 0 Å². The number of esters is 1. The number of hydrogen-bond acceptors (Lipinski definition) is 3. The van der Waals surface area contributed by atoms with Crippen molar-refractivity contribution in [3.63, 3.8) is 0 Å². The summed E-state index contributed by atoms with van der Waals surface area (Å²) in [6, 6.07) is 10.4. The first-order valence-electron chi connectivity index (χ1n) is 7.19. The van der Waals surface area contributed by atoms with Crippen LogP contribution in [0.1, 0.15) is 38.2 Å². The van der Waals surface area contributed by atoms with Gasteiger partial charge in [-0.1, -0.05) is 50.1 Å². The quantitative estimate of drug-likeness (QED) is 0.800. The molecule has 0 aromatic heterocycles. The van der Waals surface area contributed by atoms with Crippen LogP contribution in [0.2, 0.25) is 0 Å². The van der Waals surface area contributed by atoms with Crippen LogP contribution in [0.5, 0.6) is 0 Å². The second-order valence-electron chi connectivity index (χ2n) is 5.38. The Bertz CT molecular complexity index is 385. The van der Waals surface area contributed by atoms with Crippen molar-refractivity contribution >= 4 is 5.97 Å². The van der Waals surface area contributed by atoms with E-state index in [4.69, 9.17) is 4.74 Å². The first-order valence-corrected chi connectivity index (χ1v) is 7.19. The van der Waals surface area contributed by atoms with E-state index in [0.29, 0.717) is 12.6 Å². The van der Waals surface area contributed by atoms with Gasteiger partial charge in [0.1, 0.15) is 6.61 Å². The smallest absolute Gasteiger partial charge is 0.310 e. The third-order valence-corrected chi connectivity index (χ3v) is 3.69. The van der Waals surface area contributed by atoms with Crippen molar-refractivity contribution in [2.24, 2.45) is 5.92 Å². The lowest BCUT2D eigenvalue weighted by Gasteiger charge is -2.16. The molecule has 3 heteroatoms. The summed E-state index contributed by atoms with van der Waals surface area (Å²) in [4.78, 5) is 11.9. The van der Waals surface area contributed by atoms with Gasteiger partial charge in [-0.05, 0) is 18.4 Å². The van der Waals surface area contributed by atoms with Gasteiger partial charge in [-0.2, -0.15) is 0 Å². The lowest BCUT2D eigenvalue weighted by atomic mass is 10.1. The largest absolute Gasteiger partial charge is 0.461 e. The standard InChI is InChI=1S/C16H23NO2/c1-13(11-17-15-9-5-6-10-15)16(18)19-12-14-7-3-2-4-8-14/h2-4,7-8,13,15,17H,5-6,9-12H2,1H3. The monoisotopic (exact) mass is 261 g/mol. The predicted molar refractivity (Wildman–Crippen MR) is 75.7 cm³/mol. The zero-order valence-electron chi connectivity index (χ0n) is 11.6. The Kier molecular flexibility index (Phi) is 5.40. The molecule has 1 aromatic rings. The molecule has 0 bridgehead atoms. The predicted octanol–water partition coefficient (Wildman–Crippen LogP) is 2.90. The molecule has 0 aliphatic heterocycles. The maximum absolute atomic E-state index is 11.9. The van der Waals surface area contributed by atoms with Crippen molar-refractivity contribution < 1.29 is 9.53 Å². The van der Waals surface area contributed by atoms with Gasteiger partial charge < -0.3 is 10.1 Å². The van der Waals surface area contributed by atoms with E-state index in [2.05, 4.69) is 5.32 Å². The molecule has 1 fully saturated rings. The summed E-state index contributed by atoms with van der Waals surface area (Å²) in [5, 5.41) is 3.46. The van der Waals surface area contributed by atoms with Crippen LogP contribution in [0.25, 0.3) is 0 Å². The highest BCUT2D eigenvalue weighted by atomic mass is 16.5. The summed E-state index contributed by atoms with van der Waals surface area (Å²) in [5.41, 5.74) is 1.03. The van der Waals surface area contributed by atoms with Gasteiger partial charge in [0.15, 0.2) is 0 Å². The summed E-state index contributed by atoms with van der Waals surface area (Å²) in [5.74, 6) is -0.196. The van der Waals surface area contributed by atoms with Crippen LogP contribution in [-0.4, -0.2) is 18.6 Å². The molecule has 0 saturated heterocycles. The van der Waals surface area contributed by atoms with Crippen LogP contribution in [0.4, 0.5) is 0 Å². The maximum atomic E-state index is 11.9. The lowest BCUT2D eigenvalue weighted by Crippen LogP contribution is -2.33. The summed E-state index contributed by atoms with van der Waals surface area (Å²) < 4.78 is 5.33. The summed E-state index contributed by atoms with van der Waals surface area (Å²) in [6.07, 6.45) is 5.10. The van der Waals surface area contributed by atoms with E-state index >= 15 is 0 Å². The Morgan fingerprint density at radius 1 is 1.32 bits per heavy atom. The number of carbonyl (C=O) groups excluding carboxylic acids is 1. The van der Waals surface area contributed by atoms with E-state index < -0.39 is 0 Å². The molecule has 1 N–H and O–H groups in total. The number of ether oxygens (including phenoxy) is 1. The highest BCUT2D eigenvalue weighted by Gasteiger charge is 2.19. The maximum Gasteiger partial charge on any atom is 0.310 e. The van der Waals surface area contributed by atoms with E-state index in [1.807, 2.05) is 37.3 Å². The molecule has 0 spiro atoms. The Labute approximate surface area is 115 Å². The molecule has 3 nitrogen and oxygen atoms in total. The fourth-order valence-electron chi connectivity index (χ4n) is 2.43. The minimum atomic E-state index is -0.116. The highest BCUT2D eigenvalue weighted by Crippen LogP contribution is 2.17. The molecular formula is C16H23NO2. The highest BCUT2D eigenvalue weighted by molar-refractivity contribution is 5.72. The molecule has 0 amide bonds. The zero-order chi connectivity index (χ0) is 13.5. The Hall–Kier alpha value is -1.35. The Balaban J connectivity index is 1.67. The van der Waals surface area contributed by atoms with Crippen LogP contribution < -0.4 is 5.32 Å². The van der Waals surface area contributed by atoms with Crippen molar-refractivity contribution in [2.75, 3.05) is 6.54 Å². The third-order valence-electron chi connectivity index (χ3n) is 3.69. The second-order valence-corrected chi connectivity index (χ2v) is 5.38. The van der Waals surface area contributed by atoms with E-state index in [-0.39, 0.29) is 11.9 Å². The molecule has 1 unspecified atom stereocenters. The van der Waals surface area contributed by atoms with E-state index in [9.17, 15) is 4.79 Å². The topological polar surface area (TPSA) is 38.3 Å². The number of hydrogen-bond donors (Lipinski definition) is 1. The fourth-order valence-corrected chi connectivity index (χ4v) is 2.43. The van der Waals surface area contributed by atoms with Crippen molar-refractivity contribution in [1.82, 2.24) is 5.32 Å². The Morgan fingerprint density at radius 3 is 2.68 bits per heavy atom. The molecule has 1 saturated carbocycles. The SMILES string of the molecule is CC(CNC1CCCC1)C(=O)OCc1ccccc1. The molecule has 2 rings (SSSR count). The molecule has 104 valence electrons. The average molecular weight is 261 g/mol. The van der Waals surface area contributed by atoms with Crippen LogP contribution in [0, 0.1) is 5.92 Å². The third kappa shape index (κ3) is 4.67. The normalized spacial score (nSPS) is 17.3. The molecule has 1 atom stereocenters. The average Bonchev–Trinajstić information content (AvgIpc) is 2.96. The lowest BCUT2D eigenvalue weighted by molar-refractivity contribution is -0.149. The molecule has 1 aliphatic rings. The summed E-state index contributed by atoms with van der Waals surface area (Å²) in [7, 11) is 0. The van der Waals surface area contributed by atoms with Gasteiger partial charge in [-0.3, -0.25) is 4.79 Å². The van der Waals surface area contributed by atoms with Gasteiger partial charge >= 0.3 is 5.97 Å². The van der Waals surface area contributed by atoms with Crippen molar-refractivity contribution in [1.29, 1.82) is 0 Å². The molecule has 1 aromatic carbocycles.